The Morgan fingerprint density at radius 2 is 2.44 bits per heavy atom. The largest absolute Gasteiger partial charge is 0.325 e. The number of amides is 1. The Morgan fingerprint density at radius 1 is 1.61 bits per heavy atom. The van der Waals surface area contributed by atoms with Crippen molar-refractivity contribution < 1.29 is 4.79 Å². The van der Waals surface area contributed by atoms with Crippen molar-refractivity contribution in [2.45, 2.75) is 13.0 Å². The summed E-state index contributed by atoms with van der Waals surface area (Å²) in [4.78, 5) is 14.0. The first-order valence-corrected chi connectivity index (χ1v) is 6.52. The van der Waals surface area contributed by atoms with Crippen LogP contribution in [-0.2, 0) is 4.79 Å². The Bertz CT molecular complexity index is 424. The molecule has 1 atom stereocenters. The molecule has 2 rings (SSSR count). The van der Waals surface area contributed by atoms with Crippen LogP contribution in [0, 0.1) is 0 Å². The zero-order valence-electron chi connectivity index (χ0n) is 10.4. The Labute approximate surface area is 112 Å². The minimum absolute atomic E-state index is 0.00590. The number of hydrogen-bond donors (Lipinski definition) is 2. The number of piperazine rings is 1. The number of hydrogen-bond acceptors (Lipinski definition) is 3. The van der Waals surface area contributed by atoms with Crippen LogP contribution >= 0.6 is 11.6 Å². The average molecular weight is 268 g/mol. The first kappa shape index (κ1) is 13.3. The second kappa shape index (κ2) is 6.18. The molecule has 0 spiro atoms. The van der Waals surface area contributed by atoms with Crippen molar-refractivity contribution >= 4 is 23.2 Å². The van der Waals surface area contributed by atoms with Crippen molar-refractivity contribution in [2.24, 2.45) is 0 Å². The predicted molar refractivity (Wildman–Crippen MR) is 74.0 cm³/mol. The van der Waals surface area contributed by atoms with Crippen LogP contribution in [0.1, 0.15) is 6.92 Å². The highest BCUT2D eigenvalue weighted by atomic mass is 35.5. The normalized spacial score (nSPS) is 20.7. The fraction of sp³-hybridized carbons (Fsp3) is 0.462. The van der Waals surface area contributed by atoms with E-state index in [1.54, 1.807) is 12.1 Å². The molecular weight excluding hydrogens is 250 g/mol. The zero-order chi connectivity index (χ0) is 13.0. The number of anilines is 1. The summed E-state index contributed by atoms with van der Waals surface area (Å²) in [5.41, 5.74) is 0.746. The summed E-state index contributed by atoms with van der Waals surface area (Å²) in [5.74, 6) is 0.00590. The van der Waals surface area contributed by atoms with E-state index in [9.17, 15) is 4.79 Å². The molecule has 1 aromatic rings. The summed E-state index contributed by atoms with van der Waals surface area (Å²) in [5, 5.41) is 6.84. The molecule has 1 heterocycles. The second-order valence-corrected chi connectivity index (χ2v) is 5.09. The summed E-state index contributed by atoms with van der Waals surface area (Å²) in [7, 11) is 0. The number of carbonyl (C=O) groups is 1. The highest BCUT2D eigenvalue weighted by molar-refractivity contribution is 6.30. The van der Waals surface area contributed by atoms with Gasteiger partial charge in [0.1, 0.15) is 0 Å². The third-order valence-corrected chi connectivity index (χ3v) is 3.16. The zero-order valence-corrected chi connectivity index (χ0v) is 11.2. The first-order valence-electron chi connectivity index (χ1n) is 6.14. The van der Waals surface area contributed by atoms with E-state index in [0.717, 1.165) is 25.3 Å². The predicted octanol–water partition coefficient (Wildman–Crippen LogP) is 1.57. The highest BCUT2D eigenvalue weighted by Gasteiger charge is 2.17. The molecule has 4 nitrogen and oxygen atoms in total. The van der Waals surface area contributed by atoms with E-state index in [2.05, 4.69) is 22.5 Å². The molecule has 1 aliphatic rings. The van der Waals surface area contributed by atoms with Gasteiger partial charge in [0.05, 0.1) is 6.54 Å². The molecule has 0 aromatic heterocycles. The summed E-state index contributed by atoms with van der Waals surface area (Å²) >= 11 is 5.87. The van der Waals surface area contributed by atoms with Gasteiger partial charge >= 0.3 is 0 Å². The third-order valence-electron chi connectivity index (χ3n) is 2.93. The number of halogens is 1. The van der Waals surface area contributed by atoms with Gasteiger partial charge in [-0.05, 0) is 25.1 Å². The van der Waals surface area contributed by atoms with Crippen molar-refractivity contribution in [3.8, 4) is 0 Å². The molecule has 2 N–H and O–H groups in total. The van der Waals surface area contributed by atoms with Gasteiger partial charge in [-0.15, -0.1) is 0 Å². The smallest absolute Gasteiger partial charge is 0.238 e. The number of rotatable bonds is 3. The van der Waals surface area contributed by atoms with Crippen molar-refractivity contribution in [2.75, 3.05) is 31.5 Å². The van der Waals surface area contributed by atoms with Crippen LogP contribution in [0.15, 0.2) is 24.3 Å². The lowest BCUT2D eigenvalue weighted by atomic mass is 10.2. The SMILES string of the molecule is CC1CN(CC(=O)Nc2cccc(Cl)c2)CCN1. The van der Waals surface area contributed by atoms with Gasteiger partial charge in [0, 0.05) is 36.4 Å². The van der Waals surface area contributed by atoms with Crippen molar-refractivity contribution in [1.82, 2.24) is 10.2 Å². The van der Waals surface area contributed by atoms with Crippen LogP contribution in [0.25, 0.3) is 0 Å². The lowest BCUT2D eigenvalue weighted by molar-refractivity contribution is -0.117. The molecule has 1 fully saturated rings. The summed E-state index contributed by atoms with van der Waals surface area (Å²) in [6.45, 7) is 5.31. The molecule has 1 amide bonds. The quantitative estimate of drug-likeness (QED) is 0.874. The van der Waals surface area contributed by atoms with Gasteiger partial charge in [-0.3, -0.25) is 9.69 Å². The van der Waals surface area contributed by atoms with Crippen molar-refractivity contribution in [1.29, 1.82) is 0 Å². The summed E-state index contributed by atoms with van der Waals surface area (Å²) in [6.07, 6.45) is 0. The van der Waals surface area contributed by atoms with Gasteiger partial charge in [0.2, 0.25) is 5.91 Å². The molecule has 0 bridgehead atoms. The maximum Gasteiger partial charge on any atom is 0.238 e. The molecule has 98 valence electrons. The van der Waals surface area contributed by atoms with Gasteiger partial charge in [0.25, 0.3) is 0 Å². The molecule has 18 heavy (non-hydrogen) atoms. The van der Waals surface area contributed by atoms with Gasteiger partial charge in [0.15, 0.2) is 0 Å². The van der Waals surface area contributed by atoms with E-state index in [1.165, 1.54) is 0 Å². The number of carbonyl (C=O) groups excluding carboxylic acids is 1. The highest BCUT2D eigenvalue weighted by Crippen LogP contribution is 2.14. The lowest BCUT2D eigenvalue weighted by Crippen LogP contribution is -2.51. The summed E-state index contributed by atoms with van der Waals surface area (Å²) in [6, 6.07) is 7.64. The minimum Gasteiger partial charge on any atom is -0.325 e. The van der Waals surface area contributed by atoms with E-state index in [-0.39, 0.29) is 5.91 Å². The van der Waals surface area contributed by atoms with Gasteiger partial charge in [-0.25, -0.2) is 0 Å². The van der Waals surface area contributed by atoms with E-state index in [0.29, 0.717) is 17.6 Å². The molecule has 1 saturated heterocycles. The Kier molecular flexibility index (Phi) is 4.58. The van der Waals surface area contributed by atoms with Crippen molar-refractivity contribution in [3.05, 3.63) is 29.3 Å². The standard InChI is InChI=1S/C13H18ClN3O/c1-10-8-17(6-5-15-10)9-13(18)16-12-4-2-3-11(14)7-12/h2-4,7,10,15H,5-6,8-9H2,1H3,(H,16,18). The Hall–Kier alpha value is -1.10. The first-order chi connectivity index (χ1) is 8.63. The molecule has 1 unspecified atom stereocenters. The van der Waals surface area contributed by atoms with Crippen LogP contribution in [0.4, 0.5) is 5.69 Å². The van der Waals surface area contributed by atoms with Gasteiger partial charge in [-0.1, -0.05) is 17.7 Å². The van der Waals surface area contributed by atoms with Crippen LogP contribution < -0.4 is 10.6 Å². The third kappa shape index (κ3) is 3.98. The lowest BCUT2D eigenvalue weighted by Gasteiger charge is -2.31. The monoisotopic (exact) mass is 267 g/mol. The van der Waals surface area contributed by atoms with Crippen LogP contribution in [0.3, 0.4) is 0 Å². The van der Waals surface area contributed by atoms with Crippen molar-refractivity contribution in [3.63, 3.8) is 0 Å². The maximum atomic E-state index is 11.9. The van der Waals surface area contributed by atoms with Gasteiger partial charge in [-0.2, -0.15) is 0 Å². The Balaban J connectivity index is 1.85. The molecule has 1 aliphatic heterocycles. The van der Waals surface area contributed by atoms with Gasteiger partial charge < -0.3 is 10.6 Å². The number of nitrogens with one attached hydrogen (secondary N) is 2. The van der Waals surface area contributed by atoms with E-state index in [4.69, 9.17) is 11.6 Å². The molecule has 5 heteroatoms. The Morgan fingerprint density at radius 3 is 3.17 bits per heavy atom. The van der Waals surface area contributed by atoms with E-state index >= 15 is 0 Å². The molecule has 1 aromatic carbocycles. The summed E-state index contributed by atoms with van der Waals surface area (Å²) < 4.78 is 0. The molecule has 0 aliphatic carbocycles. The van der Waals surface area contributed by atoms with Crippen LogP contribution in [0.5, 0.6) is 0 Å². The van der Waals surface area contributed by atoms with Crippen LogP contribution in [-0.4, -0.2) is 43.0 Å². The van der Waals surface area contributed by atoms with E-state index < -0.39 is 0 Å². The average Bonchev–Trinajstić information content (AvgIpc) is 2.28. The van der Waals surface area contributed by atoms with Crippen LogP contribution in [0.2, 0.25) is 5.02 Å². The fourth-order valence-corrected chi connectivity index (χ4v) is 2.32. The minimum atomic E-state index is 0.00590. The van der Waals surface area contributed by atoms with E-state index in [1.807, 2.05) is 12.1 Å². The molecule has 0 radical (unpaired) electrons. The molecule has 0 saturated carbocycles. The topological polar surface area (TPSA) is 44.4 Å². The number of nitrogens with zero attached hydrogens (tertiary/aromatic N) is 1. The molecular formula is C13H18ClN3O. The maximum absolute atomic E-state index is 11.9. The number of benzene rings is 1. The second-order valence-electron chi connectivity index (χ2n) is 4.65. The fourth-order valence-electron chi connectivity index (χ4n) is 2.13.